The molecule has 0 unspecified atom stereocenters. The molecule has 116 valence electrons. The molecule has 0 atom stereocenters. The Hall–Kier alpha value is -1.49. The van der Waals surface area contributed by atoms with Crippen molar-refractivity contribution in [3.8, 4) is 11.5 Å². The first-order chi connectivity index (χ1) is 10.6. The molecular weight excluding hydrogens is 366 g/mol. The van der Waals surface area contributed by atoms with Gasteiger partial charge in [-0.3, -0.25) is 0 Å². The van der Waals surface area contributed by atoms with Gasteiger partial charge in [-0.15, -0.1) is 0 Å². The second kappa shape index (κ2) is 8.22. The Morgan fingerprint density at radius 3 is 2.50 bits per heavy atom. The molecule has 0 aliphatic rings. The molecule has 0 saturated carbocycles. The quantitative estimate of drug-likeness (QED) is 0.706. The summed E-state index contributed by atoms with van der Waals surface area (Å²) in [4.78, 5) is 0. The molecule has 22 heavy (non-hydrogen) atoms. The maximum Gasteiger partial charge on any atom is 0.123 e. The highest BCUT2D eigenvalue weighted by atomic mass is 79.9. The van der Waals surface area contributed by atoms with Gasteiger partial charge in [0.1, 0.15) is 24.7 Å². The van der Waals surface area contributed by atoms with Gasteiger partial charge in [-0.1, -0.05) is 46.3 Å². The number of benzene rings is 2. The fraction of sp³-hybridized carbons (Fsp3) is 0.176. The van der Waals surface area contributed by atoms with E-state index in [1.54, 1.807) is 6.08 Å². The van der Waals surface area contributed by atoms with Crippen LogP contribution in [0.4, 0.5) is 0 Å². The molecule has 0 aliphatic carbocycles. The van der Waals surface area contributed by atoms with Crippen molar-refractivity contribution in [2.75, 3.05) is 6.61 Å². The predicted molar refractivity (Wildman–Crippen MR) is 93.5 cm³/mol. The van der Waals surface area contributed by atoms with Crippen LogP contribution in [-0.4, -0.2) is 6.61 Å². The lowest BCUT2D eigenvalue weighted by atomic mass is 10.2. The van der Waals surface area contributed by atoms with Crippen LogP contribution < -0.4 is 15.2 Å². The molecule has 2 rings (SSSR count). The molecule has 5 heteroatoms. The monoisotopic (exact) mass is 381 g/mol. The van der Waals surface area contributed by atoms with Crippen LogP contribution in [0.15, 0.2) is 53.5 Å². The summed E-state index contributed by atoms with van der Waals surface area (Å²) < 4.78 is 12.3. The minimum absolute atomic E-state index is 0.423. The predicted octanol–water partition coefficient (Wildman–Crippen LogP) is 4.71. The summed E-state index contributed by atoms with van der Waals surface area (Å²) in [7, 11) is 0. The third-order valence-corrected chi connectivity index (χ3v) is 3.93. The summed E-state index contributed by atoms with van der Waals surface area (Å²) in [6.07, 6.45) is 1.69. The van der Waals surface area contributed by atoms with Gasteiger partial charge >= 0.3 is 0 Å². The average molecular weight is 383 g/mol. The second-order valence-electron chi connectivity index (χ2n) is 4.64. The Morgan fingerprint density at radius 1 is 1.14 bits per heavy atom. The van der Waals surface area contributed by atoms with Crippen molar-refractivity contribution in [1.82, 2.24) is 0 Å². The van der Waals surface area contributed by atoms with Gasteiger partial charge in [-0.05, 0) is 29.8 Å². The van der Waals surface area contributed by atoms with E-state index >= 15 is 0 Å². The Balaban J connectivity index is 2.12. The maximum absolute atomic E-state index is 5.93. The number of hydrogen-bond acceptors (Lipinski definition) is 3. The molecular formula is C17H17BrClNO2. The van der Waals surface area contributed by atoms with Gasteiger partial charge in [0.05, 0.1) is 0 Å². The SMILES string of the molecule is C=CCOc1cc(CN)cc(OCc2ccc(Cl)cc2Br)c1. The van der Waals surface area contributed by atoms with E-state index in [-0.39, 0.29) is 0 Å². The molecule has 2 N–H and O–H groups in total. The Kier molecular flexibility index (Phi) is 6.31. The van der Waals surface area contributed by atoms with E-state index in [0.717, 1.165) is 15.6 Å². The van der Waals surface area contributed by atoms with E-state index in [4.69, 9.17) is 26.8 Å². The van der Waals surface area contributed by atoms with E-state index in [2.05, 4.69) is 22.5 Å². The summed E-state index contributed by atoms with van der Waals surface area (Å²) in [5, 5.41) is 0.681. The third kappa shape index (κ3) is 4.77. The largest absolute Gasteiger partial charge is 0.489 e. The number of rotatable bonds is 7. The van der Waals surface area contributed by atoms with Crippen LogP contribution >= 0.6 is 27.5 Å². The van der Waals surface area contributed by atoms with Crippen LogP contribution in [0.25, 0.3) is 0 Å². The molecule has 0 saturated heterocycles. The number of ether oxygens (including phenoxy) is 2. The Labute approximate surface area is 143 Å². The van der Waals surface area contributed by atoms with Crippen LogP contribution in [0.2, 0.25) is 5.02 Å². The van der Waals surface area contributed by atoms with Crippen LogP contribution in [0.3, 0.4) is 0 Å². The molecule has 0 fully saturated rings. The first kappa shape index (κ1) is 16.9. The summed E-state index contributed by atoms with van der Waals surface area (Å²) >= 11 is 9.41. The van der Waals surface area contributed by atoms with Gasteiger partial charge in [-0.2, -0.15) is 0 Å². The van der Waals surface area contributed by atoms with Crippen molar-refractivity contribution in [2.45, 2.75) is 13.2 Å². The smallest absolute Gasteiger partial charge is 0.123 e. The average Bonchev–Trinajstić information content (AvgIpc) is 2.52. The van der Waals surface area contributed by atoms with Gasteiger partial charge in [0, 0.05) is 27.7 Å². The first-order valence-corrected chi connectivity index (χ1v) is 7.94. The lowest BCUT2D eigenvalue weighted by molar-refractivity contribution is 0.300. The molecule has 0 amide bonds. The molecule has 2 aromatic carbocycles. The van der Waals surface area contributed by atoms with E-state index in [1.165, 1.54) is 0 Å². The third-order valence-electron chi connectivity index (χ3n) is 2.95. The molecule has 2 aromatic rings. The molecule has 3 nitrogen and oxygen atoms in total. The number of nitrogens with two attached hydrogens (primary N) is 1. The zero-order chi connectivity index (χ0) is 15.9. The van der Waals surface area contributed by atoms with Gasteiger partial charge in [0.15, 0.2) is 0 Å². The normalized spacial score (nSPS) is 10.3. The Bertz CT molecular complexity index is 661. The standard InChI is InChI=1S/C17H17BrClNO2/c1-2-5-21-15-6-12(10-20)7-16(9-15)22-11-13-3-4-14(19)8-17(13)18/h2-4,6-9H,1,5,10-11,20H2. The Morgan fingerprint density at radius 2 is 1.86 bits per heavy atom. The zero-order valence-corrected chi connectivity index (χ0v) is 14.4. The fourth-order valence-corrected chi connectivity index (χ4v) is 2.67. The van der Waals surface area contributed by atoms with Crippen molar-refractivity contribution in [3.05, 3.63) is 69.7 Å². The fourth-order valence-electron chi connectivity index (χ4n) is 1.87. The summed E-state index contributed by atoms with van der Waals surface area (Å²) in [5.74, 6) is 1.43. The number of halogens is 2. The van der Waals surface area contributed by atoms with Gasteiger partial charge < -0.3 is 15.2 Å². The zero-order valence-electron chi connectivity index (χ0n) is 12.0. The lowest BCUT2D eigenvalue weighted by Crippen LogP contribution is -2.02. The van der Waals surface area contributed by atoms with Crippen molar-refractivity contribution in [3.63, 3.8) is 0 Å². The van der Waals surface area contributed by atoms with Gasteiger partial charge in [0.2, 0.25) is 0 Å². The highest BCUT2D eigenvalue weighted by molar-refractivity contribution is 9.10. The van der Waals surface area contributed by atoms with E-state index in [9.17, 15) is 0 Å². The highest BCUT2D eigenvalue weighted by Crippen LogP contribution is 2.26. The lowest BCUT2D eigenvalue weighted by Gasteiger charge is -2.12. The molecule has 0 radical (unpaired) electrons. The van der Waals surface area contributed by atoms with Crippen molar-refractivity contribution in [2.24, 2.45) is 5.73 Å². The summed E-state index contributed by atoms with van der Waals surface area (Å²) in [5.41, 5.74) is 7.67. The topological polar surface area (TPSA) is 44.5 Å². The first-order valence-electron chi connectivity index (χ1n) is 6.77. The van der Waals surface area contributed by atoms with Crippen LogP contribution in [0.5, 0.6) is 11.5 Å². The van der Waals surface area contributed by atoms with Crippen LogP contribution in [0.1, 0.15) is 11.1 Å². The highest BCUT2D eigenvalue weighted by Gasteiger charge is 2.05. The van der Waals surface area contributed by atoms with Crippen LogP contribution in [0, 0.1) is 0 Å². The molecule has 0 aromatic heterocycles. The van der Waals surface area contributed by atoms with E-state index in [0.29, 0.717) is 36.3 Å². The van der Waals surface area contributed by atoms with E-state index in [1.807, 2.05) is 36.4 Å². The maximum atomic E-state index is 5.93. The van der Waals surface area contributed by atoms with Crippen molar-refractivity contribution in [1.29, 1.82) is 0 Å². The summed E-state index contributed by atoms with van der Waals surface area (Å²) in [6, 6.07) is 11.2. The van der Waals surface area contributed by atoms with Crippen molar-refractivity contribution < 1.29 is 9.47 Å². The second-order valence-corrected chi connectivity index (χ2v) is 5.93. The van der Waals surface area contributed by atoms with Crippen molar-refractivity contribution >= 4 is 27.5 Å². The molecule has 0 spiro atoms. The molecule has 0 aliphatic heterocycles. The van der Waals surface area contributed by atoms with E-state index < -0.39 is 0 Å². The van der Waals surface area contributed by atoms with Gasteiger partial charge in [-0.25, -0.2) is 0 Å². The molecule has 0 bridgehead atoms. The summed E-state index contributed by atoms with van der Waals surface area (Å²) in [6.45, 7) is 4.92. The van der Waals surface area contributed by atoms with Gasteiger partial charge in [0.25, 0.3) is 0 Å². The van der Waals surface area contributed by atoms with Crippen LogP contribution in [-0.2, 0) is 13.2 Å². The molecule has 0 heterocycles. The minimum atomic E-state index is 0.423. The number of hydrogen-bond donors (Lipinski definition) is 1. The minimum Gasteiger partial charge on any atom is -0.489 e.